The average Bonchev–Trinajstić information content (AvgIpc) is 2.44. The average molecular weight is 357 g/mol. The molecule has 3 N–H and O–H groups in total. The van der Waals surface area contributed by atoms with Gasteiger partial charge in [0.15, 0.2) is 0 Å². The predicted octanol–water partition coefficient (Wildman–Crippen LogP) is 3.57. The molecule has 2 aromatic rings. The highest BCUT2D eigenvalue weighted by Crippen LogP contribution is 2.28. The molecule has 0 aliphatic carbocycles. The summed E-state index contributed by atoms with van der Waals surface area (Å²) in [5.41, 5.74) is 4.83. The van der Waals surface area contributed by atoms with E-state index in [1.54, 1.807) is 18.2 Å². The Morgan fingerprint density at radius 2 is 1.86 bits per heavy atom. The third-order valence-corrected chi connectivity index (χ3v) is 3.37. The van der Waals surface area contributed by atoms with Crippen molar-refractivity contribution in [2.45, 2.75) is 0 Å². The lowest BCUT2D eigenvalue weighted by molar-refractivity contribution is 0.102. The number of nitrogens with two attached hydrogens (primary N) is 1. The molecule has 2 aromatic carbocycles. The number of ether oxygens (including phenoxy) is 1. The first kappa shape index (κ1) is 15.2. The number of hydrogen-bond acceptors (Lipinski definition) is 3. The van der Waals surface area contributed by atoms with Crippen LogP contribution in [0.1, 0.15) is 10.4 Å². The summed E-state index contributed by atoms with van der Waals surface area (Å²) in [7, 11) is 1.51. The van der Waals surface area contributed by atoms with Gasteiger partial charge in [-0.25, -0.2) is 8.78 Å². The fourth-order valence-electron chi connectivity index (χ4n) is 1.66. The van der Waals surface area contributed by atoms with E-state index in [4.69, 9.17) is 10.5 Å². The number of nitrogens with one attached hydrogen (secondary N) is 1. The van der Waals surface area contributed by atoms with Crippen molar-refractivity contribution in [3.63, 3.8) is 0 Å². The molecule has 0 heterocycles. The maximum atomic E-state index is 13.3. The van der Waals surface area contributed by atoms with Crippen LogP contribution in [0.3, 0.4) is 0 Å². The Hall–Kier alpha value is -2.15. The summed E-state index contributed by atoms with van der Waals surface area (Å²) in [5.74, 6) is -2.01. The Bertz CT molecular complexity index is 684. The number of nitrogen functional groups attached to an aromatic ring is 1. The van der Waals surface area contributed by atoms with Crippen LogP contribution in [-0.2, 0) is 0 Å². The number of hydrogen-bond donors (Lipinski definition) is 2. The highest BCUT2D eigenvalue weighted by molar-refractivity contribution is 9.10. The molecular weight excluding hydrogens is 346 g/mol. The topological polar surface area (TPSA) is 64.3 Å². The van der Waals surface area contributed by atoms with Gasteiger partial charge in [0.25, 0.3) is 5.91 Å². The quantitative estimate of drug-likeness (QED) is 0.826. The van der Waals surface area contributed by atoms with E-state index in [9.17, 15) is 13.6 Å². The number of carbonyl (C=O) groups is 1. The molecule has 0 aliphatic heterocycles. The van der Waals surface area contributed by atoms with Crippen LogP contribution < -0.4 is 15.8 Å². The summed E-state index contributed by atoms with van der Waals surface area (Å²) >= 11 is 3.27. The molecule has 2 rings (SSSR count). The molecule has 0 saturated carbocycles. The van der Waals surface area contributed by atoms with Gasteiger partial charge in [-0.3, -0.25) is 4.79 Å². The summed E-state index contributed by atoms with van der Waals surface area (Å²) in [6.45, 7) is 0. The molecule has 21 heavy (non-hydrogen) atoms. The SMILES string of the molecule is COc1ccc(NC(=O)c2cc(F)c(N)c(F)c2)cc1Br. The van der Waals surface area contributed by atoms with Crippen molar-refractivity contribution >= 4 is 33.2 Å². The molecule has 110 valence electrons. The molecule has 0 atom stereocenters. The molecule has 0 radical (unpaired) electrons. The smallest absolute Gasteiger partial charge is 0.255 e. The molecule has 4 nitrogen and oxygen atoms in total. The number of methoxy groups -OCH3 is 1. The summed E-state index contributed by atoms with van der Waals surface area (Å²) in [5, 5.41) is 2.53. The zero-order chi connectivity index (χ0) is 15.6. The fourth-order valence-corrected chi connectivity index (χ4v) is 2.20. The van der Waals surface area contributed by atoms with Gasteiger partial charge in [-0.2, -0.15) is 0 Å². The maximum absolute atomic E-state index is 13.3. The minimum atomic E-state index is -0.976. The fraction of sp³-hybridized carbons (Fsp3) is 0.0714. The Morgan fingerprint density at radius 3 is 2.38 bits per heavy atom. The Morgan fingerprint density at radius 1 is 1.24 bits per heavy atom. The van der Waals surface area contributed by atoms with Crippen LogP contribution in [0.2, 0.25) is 0 Å². The van der Waals surface area contributed by atoms with E-state index in [1.807, 2.05) is 0 Å². The third kappa shape index (κ3) is 3.30. The number of amides is 1. The molecule has 7 heteroatoms. The lowest BCUT2D eigenvalue weighted by atomic mass is 10.1. The zero-order valence-corrected chi connectivity index (χ0v) is 12.5. The van der Waals surface area contributed by atoms with E-state index in [0.717, 1.165) is 12.1 Å². The molecule has 0 unspecified atom stereocenters. The van der Waals surface area contributed by atoms with Gasteiger partial charge in [-0.05, 0) is 46.3 Å². The van der Waals surface area contributed by atoms with Crippen LogP contribution in [0.5, 0.6) is 5.75 Å². The largest absolute Gasteiger partial charge is 0.496 e. The Kier molecular flexibility index (Phi) is 4.42. The first-order valence-electron chi connectivity index (χ1n) is 5.81. The van der Waals surface area contributed by atoms with Crippen LogP contribution >= 0.6 is 15.9 Å². The van der Waals surface area contributed by atoms with Crippen LogP contribution in [0.4, 0.5) is 20.2 Å². The van der Waals surface area contributed by atoms with Gasteiger partial charge in [-0.15, -0.1) is 0 Å². The Labute approximate surface area is 128 Å². The second-order valence-corrected chi connectivity index (χ2v) is 5.01. The van der Waals surface area contributed by atoms with Crippen molar-refractivity contribution in [3.05, 3.63) is 52.0 Å². The maximum Gasteiger partial charge on any atom is 0.255 e. The summed E-state index contributed by atoms with van der Waals surface area (Å²) < 4.78 is 32.4. The number of rotatable bonds is 3. The molecule has 0 bridgehead atoms. The highest BCUT2D eigenvalue weighted by atomic mass is 79.9. The van der Waals surface area contributed by atoms with Crippen molar-refractivity contribution in [2.24, 2.45) is 0 Å². The van der Waals surface area contributed by atoms with E-state index in [1.165, 1.54) is 7.11 Å². The van der Waals surface area contributed by atoms with Gasteiger partial charge in [0, 0.05) is 11.3 Å². The van der Waals surface area contributed by atoms with Crippen LogP contribution in [0, 0.1) is 11.6 Å². The first-order valence-corrected chi connectivity index (χ1v) is 6.61. The monoisotopic (exact) mass is 356 g/mol. The van der Waals surface area contributed by atoms with Crippen molar-refractivity contribution in [1.82, 2.24) is 0 Å². The van der Waals surface area contributed by atoms with Crippen molar-refractivity contribution in [2.75, 3.05) is 18.2 Å². The standard InChI is InChI=1S/C14H11BrF2N2O2/c1-21-12-3-2-8(6-9(12)15)19-14(20)7-4-10(16)13(18)11(17)5-7/h2-6H,18H2,1H3,(H,19,20). The minimum absolute atomic E-state index is 0.161. The summed E-state index contributed by atoms with van der Waals surface area (Å²) in [6.07, 6.45) is 0. The lowest BCUT2D eigenvalue weighted by Gasteiger charge is -2.09. The van der Waals surface area contributed by atoms with Crippen LogP contribution in [0.15, 0.2) is 34.8 Å². The summed E-state index contributed by atoms with van der Waals surface area (Å²) in [4.78, 5) is 12.0. The summed E-state index contributed by atoms with van der Waals surface area (Å²) in [6, 6.07) is 6.62. The number of carbonyl (C=O) groups excluding carboxylic acids is 1. The van der Waals surface area contributed by atoms with E-state index < -0.39 is 23.2 Å². The number of anilines is 2. The molecule has 0 saturated heterocycles. The van der Waals surface area contributed by atoms with Crippen molar-refractivity contribution < 1.29 is 18.3 Å². The van der Waals surface area contributed by atoms with Crippen molar-refractivity contribution in [1.29, 1.82) is 0 Å². The second kappa shape index (κ2) is 6.09. The van der Waals surface area contributed by atoms with E-state index >= 15 is 0 Å². The minimum Gasteiger partial charge on any atom is -0.496 e. The third-order valence-electron chi connectivity index (χ3n) is 2.75. The van der Waals surface area contributed by atoms with Crippen LogP contribution in [0.25, 0.3) is 0 Å². The predicted molar refractivity (Wildman–Crippen MR) is 79.4 cm³/mol. The van der Waals surface area contributed by atoms with Crippen molar-refractivity contribution in [3.8, 4) is 5.75 Å². The van der Waals surface area contributed by atoms with Gasteiger partial charge < -0.3 is 15.8 Å². The van der Waals surface area contributed by atoms with E-state index in [-0.39, 0.29) is 5.56 Å². The first-order chi connectivity index (χ1) is 9.92. The normalized spacial score (nSPS) is 10.3. The van der Waals surface area contributed by atoms with Crippen LogP contribution in [-0.4, -0.2) is 13.0 Å². The molecule has 1 amide bonds. The zero-order valence-electron chi connectivity index (χ0n) is 10.9. The van der Waals surface area contributed by atoms with Gasteiger partial charge in [0.1, 0.15) is 23.1 Å². The molecule has 0 fully saturated rings. The second-order valence-electron chi connectivity index (χ2n) is 4.16. The van der Waals surface area contributed by atoms with E-state index in [0.29, 0.717) is 15.9 Å². The molecular formula is C14H11BrF2N2O2. The van der Waals surface area contributed by atoms with Gasteiger partial charge >= 0.3 is 0 Å². The molecule has 0 aliphatic rings. The molecule has 0 aromatic heterocycles. The van der Waals surface area contributed by atoms with Gasteiger partial charge in [0.2, 0.25) is 0 Å². The van der Waals surface area contributed by atoms with Gasteiger partial charge in [0.05, 0.1) is 11.6 Å². The molecule has 0 spiro atoms. The number of halogens is 3. The lowest BCUT2D eigenvalue weighted by Crippen LogP contribution is -2.13. The van der Waals surface area contributed by atoms with E-state index in [2.05, 4.69) is 21.2 Å². The highest BCUT2D eigenvalue weighted by Gasteiger charge is 2.14. The Balaban J connectivity index is 2.24. The number of benzene rings is 2. The van der Waals surface area contributed by atoms with Gasteiger partial charge in [-0.1, -0.05) is 0 Å².